The Morgan fingerprint density at radius 3 is 2.32 bits per heavy atom. The van der Waals surface area contributed by atoms with Crippen molar-refractivity contribution in [1.82, 2.24) is 9.80 Å². The van der Waals surface area contributed by atoms with E-state index in [2.05, 4.69) is 15.9 Å². The Balaban J connectivity index is 1.48. The Kier molecular flexibility index (Phi) is 5.47. The van der Waals surface area contributed by atoms with Gasteiger partial charge >= 0.3 is 0 Å². The van der Waals surface area contributed by atoms with Gasteiger partial charge in [-0.25, -0.2) is 4.39 Å². The van der Waals surface area contributed by atoms with Gasteiger partial charge in [0.1, 0.15) is 5.82 Å². The van der Waals surface area contributed by atoms with Gasteiger partial charge in [-0.15, -0.1) is 11.8 Å². The summed E-state index contributed by atoms with van der Waals surface area (Å²) in [4.78, 5) is 29.1. The molecule has 0 saturated carbocycles. The third-order valence-corrected chi connectivity index (χ3v) is 7.53. The van der Waals surface area contributed by atoms with Crippen molar-refractivity contribution in [3.8, 4) is 0 Å². The number of piperidine rings is 1. The van der Waals surface area contributed by atoms with Crippen LogP contribution in [0.4, 0.5) is 4.39 Å². The second kappa shape index (κ2) is 7.87. The smallest absolute Gasteiger partial charge is 0.256 e. The number of hydrogen-bond acceptors (Lipinski definition) is 3. The standard InChI is InChI=1S/C21H20BrFN2O2S/c22-16-7-5-15(6-8-16)19(26)25-13-14-28-21(25)9-11-24(12-10-21)20(27)17-3-1-2-4-18(17)23/h1-8H,9-14H2. The minimum absolute atomic E-state index is 0.0337. The zero-order chi connectivity index (χ0) is 19.7. The molecule has 7 heteroatoms. The van der Waals surface area contributed by atoms with E-state index in [1.165, 1.54) is 12.1 Å². The van der Waals surface area contributed by atoms with Gasteiger partial charge in [0, 0.05) is 35.4 Å². The molecule has 2 aromatic carbocycles. The molecule has 1 spiro atoms. The molecule has 2 aliphatic rings. The highest BCUT2D eigenvalue weighted by molar-refractivity contribution is 9.10. The maximum absolute atomic E-state index is 14.0. The topological polar surface area (TPSA) is 40.6 Å². The Morgan fingerprint density at radius 2 is 1.64 bits per heavy atom. The summed E-state index contributed by atoms with van der Waals surface area (Å²) in [6, 6.07) is 13.5. The summed E-state index contributed by atoms with van der Waals surface area (Å²) in [6.07, 6.45) is 1.39. The average Bonchev–Trinajstić information content (AvgIpc) is 3.11. The third kappa shape index (κ3) is 3.57. The van der Waals surface area contributed by atoms with Gasteiger partial charge in [0.15, 0.2) is 0 Å². The normalized spacial score (nSPS) is 18.5. The second-order valence-corrected chi connectivity index (χ2v) is 9.40. The van der Waals surface area contributed by atoms with Crippen LogP contribution in [0.1, 0.15) is 33.6 Å². The minimum Gasteiger partial charge on any atom is -0.338 e. The summed E-state index contributed by atoms with van der Waals surface area (Å²) in [5.41, 5.74) is 0.787. The van der Waals surface area contributed by atoms with Crippen LogP contribution >= 0.6 is 27.7 Å². The molecule has 2 saturated heterocycles. The molecule has 0 atom stereocenters. The monoisotopic (exact) mass is 462 g/mol. The summed E-state index contributed by atoms with van der Waals surface area (Å²) in [5, 5.41) is 0. The van der Waals surface area contributed by atoms with Gasteiger partial charge in [0.25, 0.3) is 11.8 Å². The van der Waals surface area contributed by atoms with Crippen molar-refractivity contribution in [2.45, 2.75) is 17.7 Å². The predicted molar refractivity (Wildman–Crippen MR) is 112 cm³/mol. The number of halogens is 2. The zero-order valence-corrected chi connectivity index (χ0v) is 17.6. The quantitative estimate of drug-likeness (QED) is 0.663. The predicted octanol–water partition coefficient (Wildman–Crippen LogP) is 4.41. The highest BCUT2D eigenvalue weighted by atomic mass is 79.9. The van der Waals surface area contributed by atoms with Crippen molar-refractivity contribution in [2.75, 3.05) is 25.4 Å². The molecule has 2 heterocycles. The number of nitrogens with zero attached hydrogens (tertiary/aromatic N) is 2. The number of thioether (sulfide) groups is 1. The van der Waals surface area contributed by atoms with E-state index < -0.39 is 5.82 Å². The molecule has 0 bridgehead atoms. The molecule has 2 aliphatic heterocycles. The van der Waals surface area contributed by atoms with E-state index >= 15 is 0 Å². The molecule has 146 valence electrons. The van der Waals surface area contributed by atoms with E-state index in [0.29, 0.717) is 38.0 Å². The van der Waals surface area contributed by atoms with Gasteiger partial charge in [0.2, 0.25) is 0 Å². The van der Waals surface area contributed by atoms with Gasteiger partial charge in [-0.3, -0.25) is 9.59 Å². The molecule has 0 aliphatic carbocycles. The number of benzene rings is 2. The average molecular weight is 463 g/mol. The Labute approximate surface area is 176 Å². The molecule has 4 nitrogen and oxygen atoms in total. The zero-order valence-electron chi connectivity index (χ0n) is 15.2. The number of rotatable bonds is 2. The van der Waals surface area contributed by atoms with Crippen molar-refractivity contribution in [3.05, 3.63) is 69.9 Å². The molecular weight excluding hydrogens is 443 g/mol. The van der Waals surface area contributed by atoms with Crippen LogP contribution < -0.4 is 0 Å². The fraction of sp³-hybridized carbons (Fsp3) is 0.333. The highest BCUT2D eigenvalue weighted by Crippen LogP contribution is 2.44. The SMILES string of the molecule is O=C(c1ccccc1F)N1CCC2(CC1)SCCN2C(=O)c1ccc(Br)cc1. The molecule has 2 fully saturated rings. The van der Waals surface area contributed by atoms with Crippen molar-refractivity contribution in [3.63, 3.8) is 0 Å². The lowest BCUT2D eigenvalue weighted by Gasteiger charge is -2.44. The maximum Gasteiger partial charge on any atom is 0.256 e. The molecular formula is C21H20BrFN2O2S. The van der Waals surface area contributed by atoms with Gasteiger partial charge in [-0.2, -0.15) is 0 Å². The van der Waals surface area contributed by atoms with Crippen molar-refractivity contribution in [2.24, 2.45) is 0 Å². The minimum atomic E-state index is -0.491. The van der Waals surface area contributed by atoms with E-state index in [9.17, 15) is 14.0 Å². The molecule has 28 heavy (non-hydrogen) atoms. The Bertz CT molecular complexity index is 898. The van der Waals surface area contributed by atoms with E-state index in [4.69, 9.17) is 0 Å². The van der Waals surface area contributed by atoms with Crippen LogP contribution in [0.15, 0.2) is 53.0 Å². The molecule has 0 unspecified atom stereocenters. The molecule has 0 radical (unpaired) electrons. The summed E-state index contributed by atoms with van der Waals surface area (Å²) in [5.74, 6) is 0.159. The van der Waals surface area contributed by atoms with E-state index in [0.717, 1.165) is 10.2 Å². The van der Waals surface area contributed by atoms with Crippen LogP contribution in [0.25, 0.3) is 0 Å². The van der Waals surface area contributed by atoms with Gasteiger partial charge < -0.3 is 9.80 Å². The van der Waals surface area contributed by atoms with Gasteiger partial charge in [0.05, 0.1) is 10.4 Å². The van der Waals surface area contributed by atoms with E-state index in [-0.39, 0.29) is 22.2 Å². The second-order valence-electron chi connectivity index (χ2n) is 7.03. The fourth-order valence-corrected chi connectivity index (χ4v) is 5.64. The van der Waals surface area contributed by atoms with Crippen LogP contribution in [-0.4, -0.2) is 51.9 Å². The van der Waals surface area contributed by atoms with Gasteiger partial charge in [-0.05, 0) is 49.2 Å². The van der Waals surface area contributed by atoms with Crippen LogP contribution in [0.3, 0.4) is 0 Å². The Hall–Kier alpha value is -1.86. The number of amides is 2. The number of hydrogen-bond donors (Lipinski definition) is 0. The maximum atomic E-state index is 14.0. The number of likely N-dealkylation sites (tertiary alicyclic amines) is 1. The van der Waals surface area contributed by atoms with Crippen LogP contribution in [0.5, 0.6) is 0 Å². The summed E-state index contributed by atoms with van der Waals surface area (Å²) in [6.45, 7) is 1.75. The van der Waals surface area contributed by atoms with Crippen LogP contribution in [0.2, 0.25) is 0 Å². The van der Waals surface area contributed by atoms with E-state index in [1.807, 2.05) is 29.2 Å². The fourth-order valence-electron chi connectivity index (χ4n) is 3.92. The lowest BCUT2D eigenvalue weighted by Crippen LogP contribution is -2.53. The number of carbonyl (C=O) groups is 2. The van der Waals surface area contributed by atoms with Crippen molar-refractivity contribution >= 4 is 39.5 Å². The molecule has 2 amide bonds. The first-order valence-corrected chi connectivity index (χ1v) is 11.0. The molecule has 0 aromatic heterocycles. The molecule has 4 rings (SSSR count). The largest absolute Gasteiger partial charge is 0.338 e. The number of carbonyl (C=O) groups excluding carboxylic acids is 2. The Morgan fingerprint density at radius 1 is 0.964 bits per heavy atom. The lowest BCUT2D eigenvalue weighted by atomic mass is 10.00. The first kappa shape index (κ1) is 19.5. The molecule has 0 N–H and O–H groups in total. The van der Waals surface area contributed by atoms with Crippen LogP contribution in [0, 0.1) is 5.82 Å². The first-order valence-electron chi connectivity index (χ1n) is 9.25. The lowest BCUT2D eigenvalue weighted by molar-refractivity contribution is 0.0496. The van der Waals surface area contributed by atoms with E-state index in [1.54, 1.807) is 28.8 Å². The van der Waals surface area contributed by atoms with Crippen molar-refractivity contribution < 1.29 is 14.0 Å². The summed E-state index contributed by atoms with van der Waals surface area (Å²) < 4.78 is 14.9. The first-order chi connectivity index (χ1) is 13.5. The van der Waals surface area contributed by atoms with Gasteiger partial charge in [-0.1, -0.05) is 28.1 Å². The summed E-state index contributed by atoms with van der Waals surface area (Å²) in [7, 11) is 0. The third-order valence-electron chi connectivity index (χ3n) is 5.45. The highest BCUT2D eigenvalue weighted by Gasteiger charge is 2.47. The van der Waals surface area contributed by atoms with Crippen LogP contribution in [-0.2, 0) is 0 Å². The summed E-state index contributed by atoms with van der Waals surface area (Å²) >= 11 is 5.20. The molecule has 2 aromatic rings. The van der Waals surface area contributed by atoms with Crippen molar-refractivity contribution in [1.29, 1.82) is 0 Å².